The third-order valence-electron chi connectivity index (χ3n) is 11.3. The lowest BCUT2D eigenvalue weighted by atomic mass is 9.65. The van der Waals surface area contributed by atoms with Gasteiger partial charge in [-0.3, -0.25) is 9.59 Å². The number of hydrogen-bond donors (Lipinski definition) is 2. The second-order valence-corrected chi connectivity index (χ2v) is 14.6. The van der Waals surface area contributed by atoms with E-state index < -0.39 is 18.0 Å². The monoisotopic (exact) mass is 599 g/mol. The SMILES string of the molecule is CC1CCC(NC(=O)C2CCCC(C(F)(F)F)C2)CC1C1CC2CNC(/C=C/C3CCC(Cl)CC3)CC2N(C)C1=O. The number of alkyl halides is 4. The molecule has 2 amide bonds. The number of rotatable bonds is 5. The minimum atomic E-state index is -4.23. The molecule has 9 atom stereocenters. The number of carbonyl (C=O) groups is 2. The van der Waals surface area contributed by atoms with Gasteiger partial charge < -0.3 is 15.5 Å². The summed E-state index contributed by atoms with van der Waals surface area (Å²) in [5.41, 5.74) is 0. The lowest BCUT2D eigenvalue weighted by Gasteiger charge is -2.50. The van der Waals surface area contributed by atoms with Gasteiger partial charge in [-0.25, -0.2) is 0 Å². The van der Waals surface area contributed by atoms with E-state index in [0.717, 1.165) is 64.3 Å². The van der Waals surface area contributed by atoms with Gasteiger partial charge in [-0.2, -0.15) is 13.2 Å². The van der Waals surface area contributed by atoms with Crippen LogP contribution in [0.3, 0.4) is 0 Å². The summed E-state index contributed by atoms with van der Waals surface area (Å²) in [6.07, 6.45) is 10.2. The van der Waals surface area contributed by atoms with Crippen molar-refractivity contribution in [3.63, 3.8) is 0 Å². The van der Waals surface area contributed by atoms with Crippen LogP contribution < -0.4 is 10.6 Å². The zero-order valence-electron chi connectivity index (χ0n) is 24.7. The van der Waals surface area contributed by atoms with Crippen molar-refractivity contribution in [1.82, 2.24) is 15.5 Å². The van der Waals surface area contributed by atoms with E-state index in [2.05, 4.69) is 29.7 Å². The Hall–Kier alpha value is -1.28. The van der Waals surface area contributed by atoms with Crippen LogP contribution in [0.4, 0.5) is 13.2 Å². The molecule has 2 N–H and O–H groups in total. The molecule has 0 spiro atoms. The Kier molecular flexibility index (Phi) is 9.99. The van der Waals surface area contributed by atoms with Crippen molar-refractivity contribution in [2.45, 2.75) is 120 Å². The number of likely N-dealkylation sites (tertiary alicyclic amines) is 1. The van der Waals surface area contributed by atoms with Gasteiger partial charge in [-0.1, -0.05) is 25.5 Å². The Morgan fingerprint density at radius 1 is 1.00 bits per heavy atom. The van der Waals surface area contributed by atoms with Crippen LogP contribution in [0.15, 0.2) is 12.2 Å². The summed E-state index contributed by atoms with van der Waals surface area (Å²) in [7, 11) is 1.97. The van der Waals surface area contributed by atoms with Gasteiger partial charge in [0, 0.05) is 48.9 Å². The molecule has 0 aromatic carbocycles. The van der Waals surface area contributed by atoms with Crippen molar-refractivity contribution < 1.29 is 22.8 Å². The number of fused-ring (bicyclic) bond motifs is 1. The van der Waals surface area contributed by atoms with Crippen molar-refractivity contribution in [3.05, 3.63) is 12.2 Å². The molecule has 2 heterocycles. The fourth-order valence-corrected chi connectivity index (χ4v) is 8.95. The van der Waals surface area contributed by atoms with Crippen LogP contribution in [-0.4, -0.2) is 60.0 Å². The second kappa shape index (κ2) is 13.2. The molecule has 5 fully saturated rings. The predicted octanol–water partition coefficient (Wildman–Crippen LogP) is 6.45. The smallest absolute Gasteiger partial charge is 0.353 e. The summed E-state index contributed by atoms with van der Waals surface area (Å²) in [6, 6.07) is 0.441. The number of amides is 2. The Balaban J connectivity index is 1.16. The molecule has 0 bridgehead atoms. The topological polar surface area (TPSA) is 61.4 Å². The Bertz CT molecular complexity index is 953. The fraction of sp³-hybridized carbons (Fsp3) is 0.875. The highest BCUT2D eigenvalue weighted by molar-refractivity contribution is 6.20. The maximum Gasteiger partial charge on any atom is 0.391 e. The number of allylic oxidation sites excluding steroid dienone is 1. The van der Waals surface area contributed by atoms with E-state index >= 15 is 0 Å². The number of nitrogens with one attached hydrogen (secondary N) is 2. The van der Waals surface area contributed by atoms with Gasteiger partial charge in [0.15, 0.2) is 0 Å². The quantitative estimate of drug-likeness (QED) is 0.282. The molecule has 9 unspecified atom stereocenters. The largest absolute Gasteiger partial charge is 0.391 e. The first-order valence-electron chi connectivity index (χ1n) is 16.2. The third-order valence-corrected chi connectivity index (χ3v) is 11.8. The molecule has 3 aliphatic carbocycles. The molecule has 9 heteroatoms. The van der Waals surface area contributed by atoms with Gasteiger partial charge in [-0.05, 0) is 101 Å². The summed E-state index contributed by atoms with van der Waals surface area (Å²) in [5, 5.41) is 7.18. The fourth-order valence-electron chi connectivity index (χ4n) is 8.70. The van der Waals surface area contributed by atoms with Gasteiger partial charge >= 0.3 is 6.18 Å². The molecule has 0 aromatic rings. The van der Waals surface area contributed by atoms with Crippen molar-refractivity contribution in [2.24, 2.45) is 41.4 Å². The molecule has 5 rings (SSSR count). The van der Waals surface area contributed by atoms with E-state index in [0.29, 0.717) is 36.0 Å². The van der Waals surface area contributed by atoms with E-state index in [1.54, 1.807) is 0 Å². The lowest BCUT2D eigenvalue weighted by Crippen LogP contribution is -2.60. The normalized spacial score (nSPS) is 42.6. The molecule has 2 aliphatic heterocycles. The van der Waals surface area contributed by atoms with Crippen LogP contribution in [0.1, 0.15) is 90.4 Å². The van der Waals surface area contributed by atoms with Crippen molar-refractivity contribution >= 4 is 23.4 Å². The first-order chi connectivity index (χ1) is 19.5. The van der Waals surface area contributed by atoms with Gasteiger partial charge in [0.2, 0.25) is 11.8 Å². The zero-order valence-corrected chi connectivity index (χ0v) is 25.4. The summed E-state index contributed by atoms with van der Waals surface area (Å²) in [4.78, 5) is 28.8. The van der Waals surface area contributed by atoms with E-state index in [1.165, 1.54) is 0 Å². The number of carbonyl (C=O) groups excluding carboxylic acids is 2. The standard InChI is InChI=1S/C32H49ClF3N3O2/c1-19-6-12-26(38-30(40)21-4-3-5-23(14-21)32(34,35)36)16-27(19)28-15-22-18-37-25(17-29(22)39(2)31(28)41)13-9-20-7-10-24(33)11-8-20/h9,13,19-29,37H,3-8,10-12,14-18H2,1-2H3,(H,38,40)/b13-9+. The highest BCUT2D eigenvalue weighted by Gasteiger charge is 2.48. The average molecular weight is 600 g/mol. The van der Waals surface area contributed by atoms with E-state index in [4.69, 9.17) is 11.6 Å². The highest BCUT2D eigenvalue weighted by atomic mass is 35.5. The zero-order chi connectivity index (χ0) is 29.3. The minimum Gasteiger partial charge on any atom is -0.353 e. The minimum absolute atomic E-state index is 0.0696. The maximum absolute atomic E-state index is 13.8. The van der Waals surface area contributed by atoms with Crippen LogP contribution in [0.5, 0.6) is 0 Å². The predicted molar refractivity (Wildman–Crippen MR) is 155 cm³/mol. The van der Waals surface area contributed by atoms with Crippen LogP contribution >= 0.6 is 11.6 Å². The van der Waals surface area contributed by atoms with Crippen LogP contribution in [0.2, 0.25) is 0 Å². The number of piperidine rings is 2. The number of hydrogen-bond acceptors (Lipinski definition) is 3. The van der Waals surface area contributed by atoms with Crippen LogP contribution in [-0.2, 0) is 9.59 Å². The first-order valence-corrected chi connectivity index (χ1v) is 16.6. The van der Waals surface area contributed by atoms with Crippen molar-refractivity contribution in [2.75, 3.05) is 13.6 Å². The van der Waals surface area contributed by atoms with Gasteiger partial charge in [0.25, 0.3) is 0 Å². The van der Waals surface area contributed by atoms with Crippen LogP contribution in [0.25, 0.3) is 0 Å². The molecule has 2 saturated heterocycles. The second-order valence-electron chi connectivity index (χ2n) is 14.0. The molecular formula is C32H49ClF3N3O2. The number of nitrogens with zero attached hydrogens (tertiary/aromatic N) is 1. The Morgan fingerprint density at radius 2 is 1.76 bits per heavy atom. The van der Waals surface area contributed by atoms with Crippen molar-refractivity contribution in [3.8, 4) is 0 Å². The molecule has 5 nitrogen and oxygen atoms in total. The van der Waals surface area contributed by atoms with Gasteiger partial charge in [0.1, 0.15) is 0 Å². The molecule has 232 valence electrons. The average Bonchev–Trinajstić information content (AvgIpc) is 2.95. The van der Waals surface area contributed by atoms with Crippen LogP contribution in [0, 0.1) is 41.4 Å². The Labute approximate surface area is 248 Å². The molecule has 0 radical (unpaired) electrons. The van der Waals surface area contributed by atoms with Crippen molar-refractivity contribution in [1.29, 1.82) is 0 Å². The molecule has 3 saturated carbocycles. The summed E-state index contributed by atoms with van der Waals surface area (Å²) in [6.45, 7) is 3.11. The molecule has 5 aliphatic rings. The summed E-state index contributed by atoms with van der Waals surface area (Å²) in [5.74, 6) is -0.457. The number of halogens is 4. The third kappa shape index (κ3) is 7.45. The maximum atomic E-state index is 13.8. The lowest BCUT2D eigenvalue weighted by molar-refractivity contribution is -0.186. The molecular weight excluding hydrogens is 551 g/mol. The molecule has 41 heavy (non-hydrogen) atoms. The Morgan fingerprint density at radius 3 is 2.49 bits per heavy atom. The van der Waals surface area contributed by atoms with E-state index in [-0.39, 0.29) is 54.6 Å². The summed E-state index contributed by atoms with van der Waals surface area (Å²) >= 11 is 6.27. The first kappa shape index (κ1) is 31.2. The highest BCUT2D eigenvalue weighted by Crippen LogP contribution is 2.44. The van der Waals surface area contributed by atoms with Gasteiger partial charge in [-0.15, -0.1) is 11.6 Å². The summed E-state index contributed by atoms with van der Waals surface area (Å²) < 4.78 is 39.9. The van der Waals surface area contributed by atoms with E-state index in [9.17, 15) is 22.8 Å². The molecule has 0 aromatic heterocycles. The van der Waals surface area contributed by atoms with E-state index in [1.807, 2.05) is 11.9 Å². The van der Waals surface area contributed by atoms with Gasteiger partial charge in [0.05, 0.1) is 5.92 Å².